The van der Waals surface area contributed by atoms with Crippen LogP contribution in [0.15, 0.2) is 67.4 Å². The molecule has 0 spiro atoms. The Morgan fingerprint density at radius 3 is 2.47 bits per heavy atom. The number of aliphatic carboxylic acids is 2. The van der Waals surface area contributed by atoms with E-state index in [9.17, 15) is 0 Å². The molecule has 10 nitrogen and oxygen atoms in total. The molecule has 0 saturated carbocycles. The van der Waals surface area contributed by atoms with Crippen molar-refractivity contribution < 1.29 is 19.8 Å². The number of carbonyl (C=O) groups is 2. The molecule has 0 bridgehead atoms. The van der Waals surface area contributed by atoms with Crippen LogP contribution < -0.4 is 0 Å². The Kier molecular flexibility index (Phi) is 9.23. The van der Waals surface area contributed by atoms with Gasteiger partial charge in [0.1, 0.15) is 12.7 Å². The summed E-state index contributed by atoms with van der Waals surface area (Å²) in [6.07, 6.45) is 6.61. The Labute approximate surface area is 221 Å². The quantitative estimate of drug-likeness (QED) is 0.274. The molecule has 2 aromatic carbocycles. The normalized spacial score (nSPS) is 13.7. The lowest BCUT2D eigenvalue weighted by molar-refractivity contribution is -0.159. The number of hydrogen-bond acceptors (Lipinski definition) is 6. The van der Waals surface area contributed by atoms with Crippen molar-refractivity contribution in [3.63, 3.8) is 0 Å². The first-order chi connectivity index (χ1) is 18.4. The van der Waals surface area contributed by atoms with Crippen LogP contribution in [0, 0.1) is 5.92 Å². The van der Waals surface area contributed by atoms with E-state index >= 15 is 0 Å². The molecule has 1 saturated heterocycles. The zero-order valence-electron chi connectivity index (χ0n) is 21.5. The molecule has 4 aromatic rings. The van der Waals surface area contributed by atoms with Gasteiger partial charge < -0.3 is 20.1 Å². The second-order valence-corrected chi connectivity index (χ2v) is 9.59. The van der Waals surface area contributed by atoms with Crippen molar-refractivity contribution in [1.29, 1.82) is 0 Å². The van der Waals surface area contributed by atoms with Gasteiger partial charge in [-0.25, -0.2) is 19.3 Å². The molecule has 3 N–H and O–H groups in total. The molecule has 5 rings (SSSR count). The third-order valence-electron chi connectivity index (χ3n) is 6.77. The third kappa shape index (κ3) is 7.50. The van der Waals surface area contributed by atoms with E-state index in [1.807, 2.05) is 4.68 Å². The number of hydrogen-bond donors (Lipinski definition) is 3. The molecule has 38 heavy (non-hydrogen) atoms. The zero-order valence-corrected chi connectivity index (χ0v) is 21.5. The van der Waals surface area contributed by atoms with E-state index in [2.05, 4.69) is 86.5 Å². The summed E-state index contributed by atoms with van der Waals surface area (Å²) in [6, 6.07) is 17.5. The average Bonchev–Trinajstić information content (AvgIpc) is 3.55. The molecule has 200 valence electrons. The predicted molar refractivity (Wildman–Crippen MR) is 144 cm³/mol. The maximum absolute atomic E-state index is 9.10. The molecule has 1 fully saturated rings. The number of rotatable bonds is 10. The fourth-order valence-corrected chi connectivity index (χ4v) is 4.82. The molecule has 0 amide bonds. The number of nitrogens with one attached hydrogen (secondary N) is 1. The monoisotopic (exact) mass is 518 g/mol. The van der Waals surface area contributed by atoms with Gasteiger partial charge in [-0.1, -0.05) is 43.3 Å². The minimum atomic E-state index is -1.82. The lowest BCUT2D eigenvalue weighted by atomic mass is 9.98. The van der Waals surface area contributed by atoms with Crippen LogP contribution >= 0.6 is 0 Å². The van der Waals surface area contributed by atoms with Gasteiger partial charge >= 0.3 is 11.9 Å². The van der Waals surface area contributed by atoms with Crippen molar-refractivity contribution >= 4 is 22.8 Å². The molecule has 0 radical (unpaired) electrons. The van der Waals surface area contributed by atoms with E-state index in [0.29, 0.717) is 0 Å². The predicted octanol–water partition coefficient (Wildman–Crippen LogP) is 2.96. The highest BCUT2D eigenvalue weighted by atomic mass is 16.4. The van der Waals surface area contributed by atoms with Crippen LogP contribution in [0.3, 0.4) is 0 Å². The first-order valence-corrected chi connectivity index (χ1v) is 12.8. The van der Waals surface area contributed by atoms with E-state index < -0.39 is 11.9 Å². The van der Waals surface area contributed by atoms with Crippen molar-refractivity contribution in [2.75, 3.05) is 32.7 Å². The number of benzene rings is 2. The molecule has 0 unspecified atom stereocenters. The average molecular weight is 519 g/mol. The maximum atomic E-state index is 9.10. The van der Waals surface area contributed by atoms with Gasteiger partial charge in [0.05, 0.1) is 6.54 Å². The van der Waals surface area contributed by atoms with E-state index in [4.69, 9.17) is 19.8 Å². The summed E-state index contributed by atoms with van der Waals surface area (Å²) >= 11 is 0. The van der Waals surface area contributed by atoms with E-state index in [0.717, 1.165) is 38.5 Å². The number of carboxylic acids is 2. The second kappa shape index (κ2) is 13.0. The van der Waals surface area contributed by atoms with Gasteiger partial charge in [-0.2, -0.15) is 5.10 Å². The largest absolute Gasteiger partial charge is 0.473 e. The van der Waals surface area contributed by atoms with Crippen LogP contribution in [-0.2, 0) is 29.1 Å². The number of aromatic amines is 1. The Balaban J connectivity index is 0.000000505. The molecule has 0 aliphatic carbocycles. The Hall–Kier alpha value is -4.02. The molecule has 3 heterocycles. The summed E-state index contributed by atoms with van der Waals surface area (Å²) in [5.74, 6) is -2.86. The summed E-state index contributed by atoms with van der Waals surface area (Å²) in [4.78, 5) is 30.9. The molecule has 1 aliphatic heterocycles. The lowest BCUT2D eigenvalue weighted by Gasteiger charge is -2.41. The number of nitrogens with zero attached hydrogens (tertiary/aromatic N) is 5. The summed E-state index contributed by atoms with van der Waals surface area (Å²) < 4.78 is 1.87. The van der Waals surface area contributed by atoms with Gasteiger partial charge in [-0.15, -0.1) is 0 Å². The van der Waals surface area contributed by atoms with Gasteiger partial charge in [0.25, 0.3) is 0 Å². The van der Waals surface area contributed by atoms with Gasteiger partial charge in [-0.05, 0) is 47.7 Å². The Morgan fingerprint density at radius 1 is 1.05 bits per heavy atom. The van der Waals surface area contributed by atoms with Gasteiger partial charge in [0, 0.05) is 49.8 Å². The van der Waals surface area contributed by atoms with Gasteiger partial charge in [-0.3, -0.25) is 4.90 Å². The zero-order chi connectivity index (χ0) is 26.9. The SMILES string of the molecule is CCN(CCc1c[nH]c2ccc(Cn3cncn3)cc12)CC1CN(Cc2ccccc2)C1.O=C(O)C(=O)O. The summed E-state index contributed by atoms with van der Waals surface area (Å²) in [7, 11) is 0. The van der Waals surface area contributed by atoms with Crippen molar-refractivity contribution in [3.8, 4) is 0 Å². The van der Waals surface area contributed by atoms with E-state index in [-0.39, 0.29) is 0 Å². The van der Waals surface area contributed by atoms with Gasteiger partial charge in [0.15, 0.2) is 0 Å². The fourth-order valence-electron chi connectivity index (χ4n) is 4.82. The highest BCUT2D eigenvalue weighted by Crippen LogP contribution is 2.23. The van der Waals surface area contributed by atoms with Crippen LogP contribution in [0.2, 0.25) is 0 Å². The number of carboxylic acid groups (broad SMARTS) is 2. The number of aromatic nitrogens is 4. The van der Waals surface area contributed by atoms with Crippen molar-refractivity contribution in [3.05, 3.63) is 84.1 Å². The summed E-state index contributed by atoms with van der Waals surface area (Å²) in [5, 5.41) is 20.3. The summed E-state index contributed by atoms with van der Waals surface area (Å²) in [5.41, 5.74) is 5.28. The molecular formula is C28H34N6O4. The maximum Gasteiger partial charge on any atom is 0.414 e. The Morgan fingerprint density at radius 2 is 1.82 bits per heavy atom. The van der Waals surface area contributed by atoms with E-state index in [1.165, 1.54) is 47.2 Å². The number of likely N-dealkylation sites (tertiary alicyclic amines) is 1. The molecular weight excluding hydrogens is 484 g/mol. The molecule has 10 heteroatoms. The van der Waals surface area contributed by atoms with Crippen molar-refractivity contribution in [2.45, 2.75) is 26.4 Å². The lowest BCUT2D eigenvalue weighted by Crippen LogP contribution is -2.51. The highest BCUT2D eigenvalue weighted by Gasteiger charge is 2.27. The number of H-pyrrole nitrogens is 1. The van der Waals surface area contributed by atoms with E-state index in [1.54, 1.807) is 12.7 Å². The minimum absolute atomic E-state index is 0.753. The second-order valence-electron chi connectivity index (χ2n) is 9.59. The van der Waals surface area contributed by atoms with Crippen molar-refractivity contribution in [2.24, 2.45) is 5.92 Å². The van der Waals surface area contributed by atoms with Crippen LogP contribution in [0.4, 0.5) is 0 Å². The smallest absolute Gasteiger partial charge is 0.414 e. The highest BCUT2D eigenvalue weighted by molar-refractivity contribution is 6.27. The Bertz CT molecular complexity index is 1300. The van der Waals surface area contributed by atoms with Gasteiger partial charge in [0.2, 0.25) is 0 Å². The summed E-state index contributed by atoms with van der Waals surface area (Å²) in [6.45, 7) is 9.95. The number of fused-ring (bicyclic) bond motifs is 1. The van der Waals surface area contributed by atoms with Crippen LogP contribution in [-0.4, -0.2) is 84.4 Å². The van der Waals surface area contributed by atoms with Crippen molar-refractivity contribution in [1.82, 2.24) is 29.5 Å². The first kappa shape index (κ1) is 27.0. The first-order valence-electron chi connectivity index (χ1n) is 12.8. The van der Waals surface area contributed by atoms with Crippen LogP contribution in [0.5, 0.6) is 0 Å². The number of likely N-dealkylation sites (N-methyl/N-ethyl adjacent to an activating group) is 1. The fraction of sp³-hybridized carbons (Fsp3) is 0.357. The molecule has 1 aliphatic rings. The molecule has 2 aromatic heterocycles. The topological polar surface area (TPSA) is 128 Å². The standard InChI is InChI=1S/C26H32N6.C2H2O4/c1-2-30(15-23-16-31(17-23)14-21-6-4-3-5-7-21)11-10-24-13-28-26-9-8-22(12-25(24)26)18-32-20-27-19-29-32;3-1(4)2(5)6/h3-9,12-13,19-20,23,28H,2,10-11,14-18H2,1H3;(H,3,4)(H,5,6). The molecule has 0 atom stereocenters. The van der Waals surface area contributed by atoms with Crippen LogP contribution in [0.1, 0.15) is 23.6 Å². The minimum Gasteiger partial charge on any atom is -0.473 e. The van der Waals surface area contributed by atoms with Crippen LogP contribution in [0.25, 0.3) is 10.9 Å². The third-order valence-corrected chi connectivity index (χ3v) is 6.77.